The van der Waals surface area contributed by atoms with Crippen LogP contribution in [0.15, 0.2) is 0 Å². The molecule has 3 atom stereocenters. The highest BCUT2D eigenvalue weighted by Gasteiger charge is 2.31. The summed E-state index contributed by atoms with van der Waals surface area (Å²) >= 11 is 0. The fourth-order valence-electron chi connectivity index (χ4n) is 1.97. The lowest BCUT2D eigenvalue weighted by Crippen LogP contribution is -2.37. The van der Waals surface area contributed by atoms with Crippen molar-refractivity contribution < 1.29 is 17.9 Å². The van der Waals surface area contributed by atoms with E-state index in [1.807, 2.05) is 6.92 Å². The van der Waals surface area contributed by atoms with Crippen molar-refractivity contribution >= 4 is 0 Å². The highest BCUT2D eigenvalue weighted by molar-refractivity contribution is 4.82. The van der Waals surface area contributed by atoms with Crippen LogP contribution >= 0.6 is 0 Å². The largest absolute Gasteiger partial charge is 0.389 e. The predicted molar refractivity (Wildman–Crippen MR) is 51.4 cm³/mol. The van der Waals surface area contributed by atoms with Gasteiger partial charge in [-0.15, -0.1) is 0 Å². The van der Waals surface area contributed by atoms with Crippen molar-refractivity contribution in [3.63, 3.8) is 0 Å². The Labute approximate surface area is 88.0 Å². The van der Waals surface area contributed by atoms with Gasteiger partial charge in [0.25, 0.3) is 0 Å². The molecule has 0 aromatic rings. The average molecular weight is 225 g/mol. The van der Waals surface area contributed by atoms with E-state index >= 15 is 0 Å². The van der Waals surface area contributed by atoms with Gasteiger partial charge in [-0.2, -0.15) is 13.2 Å². The van der Waals surface area contributed by atoms with Crippen molar-refractivity contribution in [3.05, 3.63) is 0 Å². The average Bonchev–Trinajstić information content (AvgIpc) is 2.48. The summed E-state index contributed by atoms with van der Waals surface area (Å²) in [5.74, 6) is 0.367. The molecule has 0 spiro atoms. The minimum absolute atomic E-state index is 0.0572. The van der Waals surface area contributed by atoms with E-state index in [4.69, 9.17) is 10.5 Å². The maximum Gasteiger partial charge on any atom is 0.389 e. The van der Waals surface area contributed by atoms with Gasteiger partial charge in [-0.1, -0.05) is 6.92 Å². The number of halogens is 3. The van der Waals surface area contributed by atoms with E-state index < -0.39 is 12.6 Å². The van der Waals surface area contributed by atoms with E-state index in [0.717, 1.165) is 6.42 Å². The standard InChI is InChI=1S/C10H18F3NO/c1-7-4-6-15-9(7)8(14)3-2-5-10(11,12)13/h7-9H,2-6,14H2,1H3. The molecule has 2 nitrogen and oxygen atoms in total. The zero-order chi connectivity index (χ0) is 11.5. The Kier molecular flexibility index (Phi) is 4.40. The molecule has 1 heterocycles. The first-order chi connectivity index (χ1) is 6.90. The van der Waals surface area contributed by atoms with E-state index in [0.29, 0.717) is 18.9 Å². The third-order valence-electron chi connectivity index (χ3n) is 2.86. The molecule has 5 heteroatoms. The Hall–Kier alpha value is -0.290. The number of hydrogen-bond acceptors (Lipinski definition) is 2. The van der Waals surface area contributed by atoms with Gasteiger partial charge in [0.15, 0.2) is 0 Å². The Bertz CT molecular complexity index is 196. The van der Waals surface area contributed by atoms with E-state index in [9.17, 15) is 13.2 Å². The maximum atomic E-state index is 11.9. The quantitative estimate of drug-likeness (QED) is 0.797. The molecule has 0 amide bonds. The second-order valence-corrected chi connectivity index (χ2v) is 4.27. The highest BCUT2D eigenvalue weighted by atomic mass is 19.4. The Morgan fingerprint density at radius 1 is 1.47 bits per heavy atom. The van der Waals surface area contributed by atoms with Crippen LogP contribution in [0.5, 0.6) is 0 Å². The van der Waals surface area contributed by atoms with Crippen molar-refractivity contribution in [2.75, 3.05) is 6.61 Å². The number of alkyl halides is 3. The van der Waals surface area contributed by atoms with Gasteiger partial charge in [0.1, 0.15) is 0 Å². The van der Waals surface area contributed by atoms with Crippen molar-refractivity contribution in [1.29, 1.82) is 0 Å². The second-order valence-electron chi connectivity index (χ2n) is 4.27. The normalized spacial score (nSPS) is 29.4. The van der Waals surface area contributed by atoms with Crippen molar-refractivity contribution in [3.8, 4) is 0 Å². The van der Waals surface area contributed by atoms with E-state index in [1.165, 1.54) is 0 Å². The zero-order valence-electron chi connectivity index (χ0n) is 8.89. The zero-order valence-corrected chi connectivity index (χ0v) is 8.89. The molecule has 0 bridgehead atoms. The molecule has 0 aromatic carbocycles. The summed E-state index contributed by atoms with van der Waals surface area (Å²) in [4.78, 5) is 0. The molecule has 0 aromatic heterocycles. The number of hydrogen-bond donors (Lipinski definition) is 1. The minimum Gasteiger partial charge on any atom is -0.376 e. The molecule has 1 rings (SSSR count). The summed E-state index contributed by atoms with van der Waals surface area (Å²) < 4.78 is 41.1. The SMILES string of the molecule is CC1CCOC1C(N)CCCC(F)(F)F. The number of nitrogens with two attached hydrogens (primary N) is 1. The van der Waals surface area contributed by atoms with Crippen LogP contribution in [-0.4, -0.2) is 24.9 Å². The fraction of sp³-hybridized carbons (Fsp3) is 1.00. The van der Waals surface area contributed by atoms with E-state index in [1.54, 1.807) is 0 Å². The summed E-state index contributed by atoms with van der Waals surface area (Å²) in [5.41, 5.74) is 5.81. The topological polar surface area (TPSA) is 35.2 Å². The maximum absolute atomic E-state index is 11.9. The minimum atomic E-state index is -4.07. The molecule has 0 radical (unpaired) electrons. The van der Waals surface area contributed by atoms with Gasteiger partial charge in [0.05, 0.1) is 6.10 Å². The molecule has 0 aliphatic carbocycles. The smallest absolute Gasteiger partial charge is 0.376 e. The molecule has 1 saturated heterocycles. The van der Waals surface area contributed by atoms with Crippen LogP contribution in [0.2, 0.25) is 0 Å². The van der Waals surface area contributed by atoms with E-state index in [2.05, 4.69) is 0 Å². The van der Waals surface area contributed by atoms with Crippen LogP contribution in [0.4, 0.5) is 13.2 Å². The number of rotatable bonds is 4. The van der Waals surface area contributed by atoms with Crippen molar-refractivity contribution in [2.24, 2.45) is 11.7 Å². The highest BCUT2D eigenvalue weighted by Crippen LogP contribution is 2.26. The summed E-state index contributed by atoms with van der Waals surface area (Å²) in [6.07, 6.45) is -3.44. The molecule has 3 unspecified atom stereocenters. The van der Waals surface area contributed by atoms with Gasteiger partial charge in [-0.3, -0.25) is 0 Å². The van der Waals surface area contributed by atoms with Crippen LogP contribution in [-0.2, 0) is 4.74 Å². The third kappa shape index (κ3) is 4.38. The molecular weight excluding hydrogens is 207 g/mol. The monoisotopic (exact) mass is 225 g/mol. The first kappa shape index (κ1) is 12.8. The van der Waals surface area contributed by atoms with Gasteiger partial charge >= 0.3 is 6.18 Å². The Balaban J connectivity index is 2.21. The lowest BCUT2D eigenvalue weighted by atomic mass is 9.95. The van der Waals surface area contributed by atoms with Gasteiger partial charge in [-0.05, 0) is 25.2 Å². The molecule has 90 valence electrons. The predicted octanol–water partition coefficient (Wildman–Crippen LogP) is 2.47. The third-order valence-corrected chi connectivity index (χ3v) is 2.86. The molecule has 0 saturated carbocycles. The Morgan fingerprint density at radius 3 is 2.60 bits per heavy atom. The fourth-order valence-corrected chi connectivity index (χ4v) is 1.97. The van der Waals surface area contributed by atoms with Crippen LogP contribution < -0.4 is 5.73 Å². The molecule has 15 heavy (non-hydrogen) atoms. The molecule has 1 fully saturated rings. The summed E-state index contributed by atoms with van der Waals surface area (Å²) in [6.45, 7) is 2.71. The summed E-state index contributed by atoms with van der Waals surface area (Å²) in [6, 6.07) is -0.259. The van der Waals surface area contributed by atoms with Crippen LogP contribution in [0.25, 0.3) is 0 Å². The molecule has 2 N–H and O–H groups in total. The Morgan fingerprint density at radius 2 is 2.13 bits per heavy atom. The lowest BCUT2D eigenvalue weighted by molar-refractivity contribution is -0.136. The lowest BCUT2D eigenvalue weighted by Gasteiger charge is -2.22. The van der Waals surface area contributed by atoms with Crippen LogP contribution in [0, 0.1) is 5.92 Å². The van der Waals surface area contributed by atoms with Gasteiger partial charge < -0.3 is 10.5 Å². The van der Waals surface area contributed by atoms with Crippen molar-refractivity contribution in [2.45, 2.75) is 50.9 Å². The molecule has 1 aliphatic heterocycles. The summed E-state index contributed by atoms with van der Waals surface area (Å²) in [7, 11) is 0. The second kappa shape index (κ2) is 5.16. The van der Waals surface area contributed by atoms with E-state index in [-0.39, 0.29) is 18.6 Å². The first-order valence-electron chi connectivity index (χ1n) is 5.34. The van der Waals surface area contributed by atoms with Gasteiger partial charge in [-0.25, -0.2) is 0 Å². The van der Waals surface area contributed by atoms with Crippen molar-refractivity contribution in [1.82, 2.24) is 0 Å². The van der Waals surface area contributed by atoms with Crippen LogP contribution in [0.1, 0.15) is 32.6 Å². The number of ether oxygens (including phenoxy) is 1. The molecule has 1 aliphatic rings. The van der Waals surface area contributed by atoms with Crippen LogP contribution in [0.3, 0.4) is 0 Å². The van der Waals surface area contributed by atoms with Gasteiger partial charge in [0.2, 0.25) is 0 Å². The molecular formula is C10H18F3NO. The van der Waals surface area contributed by atoms with Gasteiger partial charge in [0, 0.05) is 19.1 Å². The summed E-state index contributed by atoms with van der Waals surface area (Å²) in [5, 5.41) is 0. The first-order valence-corrected chi connectivity index (χ1v) is 5.34.